The molecule has 78 valence electrons. The molecule has 2 aromatic rings. The highest BCUT2D eigenvalue weighted by atomic mass is 16.5. The van der Waals surface area contributed by atoms with E-state index in [1.807, 2.05) is 19.1 Å². The summed E-state index contributed by atoms with van der Waals surface area (Å²) < 4.78 is 0.825. The highest BCUT2D eigenvalue weighted by Crippen LogP contribution is 2.19. The van der Waals surface area contributed by atoms with Gasteiger partial charge < -0.3 is 5.21 Å². The minimum absolute atomic E-state index is 0.556. The van der Waals surface area contributed by atoms with Crippen molar-refractivity contribution in [1.29, 1.82) is 5.26 Å². The van der Waals surface area contributed by atoms with Gasteiger partial charge in [-0.25, -0.2) is 0 Å². The van der Waals surface area contributed by atoms with E-state index in [9.17, 15) is 5.21 Å². The molecule has 0 aliphatic heterocycles. The second-order valence-corrected chi connectivity index (χ2v) is 3.56. The maximum Gasteiger partial charge on any atom is 0.226 e. The number of nitriles is 1. The van der Waals surface area contributed by atoms with Crippen molar-refractivity contribution in [3.63, 3.8) is 0 Å². The van der Waals surface area contributed by atoms with Crippen molar-refractivity contribution in [2.24, 2.45) is 0 Å². The van der Waals surface area contributed by atoms with Crippen LogP contribution in [0.4, 0.5) is 0 Å². The molecule has 3 nitrogen and oxygen atoms in total. The Morgan fingerprint density at radius 3 is 2.75 bits per heavy atom. The van der Waals surface area contributed by atoms with E-state index >= 15 is 0 Å². The van der Waals surface area contributed by atoms with Gasteiger partial charge in [-0.2, -0.15) is 9.99 Å². The van der Waals surface area contributed by atoms with Gasteiger partial charge in [0.2, 0.25) is 5.69 Å². The summed E-state index contributed by atoms with van der Waals surface area (Å²) in [7, 11) is 0. The smallest absolute Gasteiger partial charge is 0.226 e. The Bertz CT molecular complexity index is 550. The van der Waals surface area contributed by atoms with Gasteiger partial charge in [-0.15, -0.1) is 0 Å². The van der Waals surface area contributed by atoms with Gasteiger partial charge in [0.15, 0.2) is 6.20 Å². The zero-order valence-electron chi connectivity index (χ0n) is 8.84. The molecule has 0 aliphatic carbocycles. The lowest BCUT2D eigenvalue weighted by molar-refractivity contribution is -0.594. The molecule has 0 saturated carbocycles. The molecule has 0 fully saturated rings. The Morgan fingerprint density at radius 2 is 2.06 bits per heavy atom. The zero-order chi connectivity index (χ0) is 11.5. The van der Waals surface area contributed by atoms with Crippen molar-refractivity contribution in [3.8, 4) is 17.3 Å². The number of hydrogen-bond donors (Lipinski definition) is 0. The molecule has 0 atom stereocenters. The first-order valence-electron chi connectivity index (χ1n) is 4.91. The quantitative estimate of drug-likeness (QED) is 0.535. The molecule has 3 heteroatoms. The van der Waals surface area contributed by atoms with E-state index in [-0.39, 0.29) is 0 Å². The first-order valence-corrected chi connectivity index (χ1v) is 4.91. The number of rotatable bonds is 1. The van der Waals surface area contributed by atoms with Crippen molar-refractivity contribution >= 4 is 0 Å². The van der Waals surface area contributed by atoms with Crippen LogP contribution in [0.15, 0.2) is 42.6 Å². The largest absolute Gasteiger partial charge is 0.618 e. The molecule has 0 saturated heterocycles. The minimum atomic E-state index is 0.556. The van der Waals surface area contributed by atoms with Gasteiger partial charge in [0, 0.05) is 17.2 Å². The fourth-order valence-electron chi connectivity index (χ4n) is 1.68. The van der Waals surface area contributed by atoms with Crippen molar-refractivity contribution < 1.29 is 4.73 Å². The molecule has 1 heterocycles. The third-order valence-electron chi connectivity index (χ3n) is 2.43. The summed E-state index contributed by atoms with van der Waals surface area (Å²) in [5, 5.41) is 20.5. The molecule has 0 amide bonds. The fourth-order valence-corrected chi connectivity index (χ4v) is 1.68. The van der Waals surface area contributed by atoms with E-state index < -0.39 is 0 Å². The van der Waals surface area contributed by atoms with Crippen LogP contribution in [-0.4, -0.2) is 0 Å². The highest BCUT2D eigenvalue weighted by Gasteiger charge is 2.11. The number of nitrogens with zero attached hydrogens (tertiary/aromatic N) is 2. The van der Waals surface area contributed by atoms with Crippen LogP contribution in [-0.2, 0) is 0 Å². The highest BCUT2D eigenvalue weighted by molar-refractivity contribution is 5.61. The molecule has 1 aromatic carbocycles. The maximum absolute atomic E-state index is 11.7. The molecular formula is C13H10N2O. The second-order valence-electron chi connectivity index (χ2n) is 3.56. The standard InChI is InChI=1S/C13H10N2O/c1-10-4-3-7-15(16)13(10)12-6-2-5-11(8-12)9-14/h2-8H,1H3. The molecule has 0 aliphatic rings. The van der Waals surface area contributed by atoms with Crippen molar-refractivity contribution in [1.82, 2.24) is 0 Å². The third kappa shape index (κ3) is 1.73. The number of benzene rings is 1. The molecule has 16 heavy (non-hydrogen) atoms. The SMILES string of the molecule is Cc1ccc[n+]([O-])c1-c1cccc(C#N)c1. The fraction of sp³-hybridized carbons (Fsp3) is 0.0769. The number of aryl methyl sites for hydroxylation is 1. The molecule has 2 rings (SSSR count). The van der Waals surface area contributed by atoms with Crippen LogP contribution in [0.3, 0.4) is 0 Å². The van der Waals surface area contributed by atoms with Crippen LogP contribution in [0, 0.1) is 23.5 Å². The number of hydrogen-bond acceptors (Lipinski definition) is 2. The summed E-state index contributed by atoms with van der Waals surface area (Å²) in [6.07, 6.45) is 1.46. The third-order valence-corrected chi connectivity index (χ3v) is 2.43. The predicted molar refractivity (Wildman–Crippen MR) is 60.3 cm³/mol. The summed E-state index contributed by atoms with van der Waals surface area (Å²) >= 11 is 0. The molecule has 0 radical (unpaired) electrons. The molecule has 1 aromatic heterocycles. The first kappa shape index (κ1) is 10.2. The van der Waals surface area contributed by atoms with E-state index in [1.54, 1.807) is 24.3 Å². The van der Waals surface area contributed by atoms with Crippen LogP contribution in [0.1, 0.15) is 11.1 Å². The lowest BCUT2D eigenvalue weighted by atomic mass is 10.0. The number of pyridine rings is 1. The van der Waals surface area contributed by atoms with Crippen LogP contribution in [0.5, 0.6) is 0 Å². The van der Waals surface area contributed by atoms with E-state index in [0.717, 1.165) is 15.9 Å². The average Bonchev–Trinajstić information content (AvgIpc) is 2.29. The Balaban J connectivity index is 2.64. The van der Waals surface area contributed by atoms with E-state index in [1.165, 1.54) is 6.20 Å². The molecular weight excluding hydrogens is 200 g/mol. The molecule has 0 N–H and O–H groups in total. The van der Waals surface area contributed by atoms with Crippen molar-refractivity contribution in [2.75, 3.05) is 0 Å². The van der Waals surface area contributed by atoms with Gasteiger partial charge in [-0.1, -0.05) is 6.07 Å². The first-order chi connectivity index (χ1) is 7.72. The summed E-state index contributed by atoms with van der Waals surface area (Å²) in [4.78, 5) is 0. The summed E-state index contributed by atoms with van der Waals surface area (Å²) in [6, 6.07) is 12.7. The van der Waals surface area contributed by atoms with E-state index in [0.29, 0.717) is 11.3 Å². The van der Waals surface area contributed by atoms with Gasteiger partial charge in [-0.05, 0) is 31.2 Å². The zero-order valence-corrected chi connectivity index (χ0v) is 8.84. The normalized spacial score (nSPS) is 9.75. The molecule has 0 unspecified atom stereocenters. The predicted octanol–water partition coefficient (Wildman–Crippen LogP) is 2.17. The topological polar surface area (TPSA) is 50.7 Å². The second kappa shape index (κ2) is 4.03. The van der Waals surface area contributed by atoms with Gasteiger partial charge in [0.1, 0.15) is 0 Å². The lowest BCUT2D eigenvalue weighted by Gasteiger charge is -2.06. The Morgan fingerprint density at radius 1 is 1.25 bits per heavy atom. The van der Waals surface area contributed by atoms with Gasteiger partial charge in [0.05, 0.1) is 11.6 Å². The Kier molecular flexibility index (Phi) is 2.57. The molecule has 0 spiro atoms. The molecule has 0 bridgehead atoms. The van der Waals surface area contributed by atoms with Gasteiger partial charge in [0.25, 0.3) is 0 Å². The monoisotopic (exact) mass is 210 g/mol. The maximum atomic E-state index is 11.7. The van der Waals surface area contributed by atoms with Crippen LogP contribution < -0.4 is 4.73 Å². The lowest BCUT2D eigenvalue weighted by Crippen LogP contribution is -2.29. The van der Waals surface area contributed by atoms with Gasteiger partial charge >= 0.3 is 0 Å². The average molecular weight is 210 g/mol. The van der Waals surface area contributed by atoms with Crippen molar-refractivity contribution in [3.05, 3.63) is 58.9 Å². The number of aromatic nitrogens is 1. The van der Waals surface area contributed by atoms with Crippen molar-refractivity contribution in [2.45, 2.75) is 6.92 Å². The van der Waals surface area contributed by atoms with Crippen LogP contribution >= 0.6 is 0 Å². The van der Waals surface area contributed by atoms with E-state index in [4.69, 9.17) is 5.26 Å². The van der Waals surface area contributed by atoms with E-state index in [2.05, 4.69) is 6.07 Å². The van der Waals surface area contributed by atoms with Crippen LogP contribution in [0.2, 0.25) is 0 Å². The minimum Gasteiger partial charge on any atom is -0.618 e. The summed E-state index contributed by atoms with van der Waals surface area (Å²) in [6.45, 7) is 1.88. The Hall–Kier alpha value is -2.34. The van der Waals surface area contributed by atoms with Gasteiger partial charge in [-0.3, -0.25) is 0 Å². The van der Waals surface area contributed by atoms with Crippen LogP contribution in [0.25, 0.3) is 11.3 Å². The summed E-state index contributed by atoms with van der Waals surface area (Å²) in [5.41, 5.74) is 2.82. The summed E-state index contributed by atoms with van der Waals surface area (Å²) in [5.74, 6) is 0. The Labute approximate surface area is 93.8 Å².